The number of ether oxygens (including phenoxy) is 1. The van der Waals surface area contributed by atoms with Gasteiger partial charge < -0.3 is 15.2 Å². The summed E-state index contributed by atoms with van der Waals surface area (Å²) < 4.78 is 5.88. The summed E-state index contributed by atoms with van der Waals surface area (Å²) in [7, 11) is 0. The maximum atomic E-state index is 12.3. The van der Waals surface area contributed by atoms with Crippen LogP contribution in [0.4, 0.5) is 0 Å². The van der Waals surface area contributed by atoms with Crippen molar-refractivity contribution in [2.45, 2.75) is 51.2 Å². The van der Waals surface area contributed by atoms with Crippen LogP contribution in [0, 0.1) is 0 Å². The van der Waals surface area contributed by atoms with Gasteiger partial charge in [0.15, 0.2) is 0 Å². The third kappa shape index (κ3) is 5.13. The number of rotatable bonds is 7. The molecule has 0 heterocycles. The zero-order valence-corrected chi connectivity index (χ0v) is 13.3. The molecule has 1 aromatic rings. The molecule has 0 bridgehead atoms. The lowest BCUT2D eigenvalue weighted by atomic mass is 10.1. The number of aliphatic carboxylic acids is 1. The summed E-state index contributed by atoms with van der Waals surface area (Å²) in [4.78, 5) is 23.5. The second-order valence-corrected chi connectivity index (χ2v) is 5.72. The Morgan fingerprint density at radius 3 is 2.78 bits per heavy atom. The van der Waals surface area contributed by atoms with Crippen LogP contribution < -0.4 is 10.1 Å². The Labute approximate surface area is 136 Å². The second-order valence-electron chi connectivity index (χ2n) is 5.72. The van der Waals surface area contributed by atoms with Crippen molar-refractivity contribution in [2.75, 3.05) is 0 Å². The number of carbonyl (C=O) groups is 2. The number of carboxylic acids is 1. The van der Waals surface area contributed by atoms with E-state index < -0.39 is 17.9 Å². The van der Waals surface area contributed by atoms with E-state index >= 15 is 0 Å². The predicted molar refractivity (Wildman–Crippen MR) is 87.6 cm³/mol. The first kappa shape index (κ1) is 17.1. The average molecular weight is 317 g/mol. The second kappa shape index (κ2) is 8.36. The number of benzene rings is 1. The lowest BCUT2D eigenvalue weighted by Gasteiger charge is -2.15. The standard InChI is InChI=1S/C18H23NO4/c1-2-3-11-16(18(21)22)19-17(20)13-7-6-10-15(12-13)23-14-8-4-5-9-14/h2-3,6-7,10,12,14,16H,4-5,8-9,11H2,1H3,(H,19,20)(H,21,22)/b3-2+. The number of allylic oxidation sites excluding steroid dienone is 1. The minimum absolute atomic E-state index is 0.217. The van der Waals surface area contributed by atoms with Gasteiger partial charge >= 0.3 is 5.97 Å². The van der Waals surface area contributed by atoms with Crippen molar-refractivity contribution in [3.05, 3.63) is 42.0 Å². The van der Waals surface area contributed by atoms with Crippen molar-refractivity contribution in [1.82, 2.24) is 5.32 Å². The molecule has 1 amide bonds. The summed E-state index contributed by atoms with van der Waals surface area (Å²) in [5, 5.41) is 11.7. The van der Waals surface area contributed by atoms with Crippen molar-refractivity contribution in [3.63, 3.8) is 0 Å². The molecule has 0 spiro atoms. The molecule has 1 fully saturated rings. The summed E-state index contributed by atoms with van der Waals surface area (Å²) in [5.41, 5.74) is 0.409. The molecule has 0 saturated heterocycles. The van der Waals surface area contributed by atoms with Crippen LogP contribution in [0.25, 0.3) is 0 Å². The topological polar surface area (TPSA) is 75.6 Å². The summed E-state index contributed by atoms with van der Waals surface area (Å²) in [5.74, 6) is -0.793. The molecule has 5 nitrogen and oxygen atoms in total. The Hall–Kier alpha value is -2.30. The fraction of sp³-hybridized carbons (Fsp3) is 0.444. The third-order valence-electron chi connectivity index (χ3n) is 3.91. The highest BCUT2D eigenvalue weighted by molar-refractivity contribution is 5.96. The highest BCUT2D eigenvalue weighted by atomic mass is 16.5. The molecule has 124 valence electrons. The zero-order chi connectivity index (χ0) is 16.7. The Kier molecular flexibility index (Phi) is 6.20. The summed E-state index contributed by atoms with van der Waals surface area (Å²) in [6, 6.07) is 5.97. The maximum absolute atomic E-state index is 12.3. The van der Waals surface area contributed by atoms with Gasteiger partial charge in [-0.2, -0.15) is 0 Å². The van der Waals surface area contributed by atoms with Gasteiger partial charge in [-0.15, -0.1) is 0 Å². The molecule has 1 aliphatic rings. The van der Waals surface area contributed by atoms with Gasteiger partial charge in [0.1, 0.15) is 11.8 Å². The fourth-order valence-electron chi connectivity index (χ4n) is 2.64. The Morgan fingerprint density at radius 2 is 2.13 bits per heavy atom. The number of carbonyl (C=O) groups excluding carboxylic acids is 1. The van der Waals surface area contributed by atoms with E-state index in [2.05, 4.69) is 5.32 Å². The molecule has 0 aliphatic heterocycles. The lowest BCUT2D eigenvalue weighted by Crippen LogP contribution is -2.40. The molecule has 1 aliphatic carbocycles. The third-order valence-corrected chi connectivity index (χ3v) is 3.91. The molecular formula is C18H23NO4. The fourth-order valence-corrected chi connectivity index (χ4v) is 2.64. The molecule has 0 aromatic heterocycles. The zero-order valence-electron chi connectivity index (χ0n) is 13.3. The molecule has 1 unspecified atom stereocenters. The molecule has 0 radical (unpaired) electrons. The van der Waals surface area contributed by atoms with Crippen LogP contribution in [0.2, 0.25) is 0 Å². The van der Waals surface area contributed by atoms with Crippen LogP contribution in [-0.2, 0) is 4.79 Å². The van der Waals surface area contributed by atoms with E-state index in [1.165, 1.54) is 12.8 Å². The molecule has 2 rings (SSSR count). The largest absolute Gasteiger partial charge is 0.490 e. The quantitative estimate of drug-likeness (QED) is 0.757. The smallest absolute Gasteiger partial charge is 0.326 e. The SMILES string of the molecule is C/C=C/CC(NC(=O)c1cccc(OC2CCCC2)c1)C(=O)O. The lowest BCUT2D eigenvalue weighted by molar-refractivity contribution is -0.139. The van der Waals surface area contributed by atoms with Crippen LogP contribution in [0.3, 0.4) is 0 Å². The number of carboxylic acid groups (broad SMARTS) is 1. The monoisotopic (exact) mass is 317 g/mol. The van der Waals surface area contributed by atoms with Crippen molar-refractivity contribution in [3.8, 4) is 5.75 Å². The number of hydrogen-bond donors (Lipinski definition) is 2. The first-order chi connectivity index (χ1) is 11.1. The van der Waals surface area contributed by atoms with Crippen molar-refractivity contribution < 1.29 is 19.4 Å². The maximum Gasteiger partial charge on any atom is 0.326 e. The van der Waals surface area contributed by atoms with Gasteiger partial charge in [0.2, 0.25) is 0 Å². The van der Waals surface area contributed by atoms with Crippen LogP contribution in [0.1, 0.15) is 49.4 Å². The highest BCUT2D eigenvalue weighted by Crippen LogP contribution is 2.24. The highest BCUT2D eigenvalue weighted by Gasteiger charge is 2.20. The van der Waals surface area contributed by atoms with E-state index in [4.69, 9.17) is 9.84 Å². The summed E-state index contributed by atoms with van der Waals surface area (Å²) >= 11 is 0. The van der Waals surface area contributed by atoms with E-state index in [-0.39, 0.29) is 12.5 Å². The first-order valence-corrected chi connectivity index (χ1v) is 8.01. The van der Waals surface area contributed by atoms with E-state index in [9.17, 15) is 9.59 Å². The minimum atomic E-state index is -1.05. The van der Waals surface area contributed by atoms with E-state index in [1.807, 2.05) is 13.0 Å². The van der Waals surface area contributed by atoms with E-state index in [0.29, 0.717) is 11.3 Å². The molecular weight excluding hydrogens is 294 g/mol. The number of amides is 1. The van der Waals surface area contributed by atoms with Gasteiger partial charge in [-0.3, -0.25) is 4.79 Å². The minimum Gasteiger partial charge on any atom is -0.490 e. The van der Waals surface area contributed by atoms with E-state index in [1.54, 1.807) is 30.4 Å². The van der Waals surface area contributed by atoms with Crippen molar-refractivity contribution in [2.24, 2.45) is 0 Å². The van der Waals surface area contributed by atoms with E-state index in [0.717, 1.165) is 12.8 Å². The van der Waals surface area contributed by atoms with Crippen LogP contribution in [0.15, 0.2) is 36.4 Å². The number of hydrogen-bond acceptors (Lipinski definition) is 3. The van der Waals surface area contributed by atoms with Gasteiger partial charge in [-0.1, -0.05) is 18.2 Å². The van der Waals surface area contributed by atoms with Crippen LogP contribution >= 0.6 is 0 Å². The van der Waals surface area contributed by atoms with Gasteiger partial charge in [0.25, 0.3) is 5.91 Å². The molecule has 5 heteroatoms. The first-order valence-electron chi connectivity index (χ1n) is 8.01. The molecule has 1 atom stereocenters. The van der Waals surface area contributed by atoms with Gasteiger partial charge in [-0.25, -0.2) is 4.79 Å². The van der Waals surface area contributed by atoms with Crippen molar-refractivity contribution >= 4 is 11.9 Å². The Balaban J connectivity index is 2.01. The van der Waals surface area contributed by atoms with Gasteiger partial charge in [-0.05, 0) is 57.2 Å². The Bertz CT molecular complexity index is 576. The molecule has 1 saturated carbocycles. The molecule has 23 heavy (non-hydrogen) atoms. The van der Waals surface area contributed by atoms with Crippen molar-refractivity contribution in [1.29, 1.82) is 0 Å². The van der Waals surface area contributed by atoms with Gasteiger partial charge in [0, 0.05) is 5.56 Å². The summed E-state index contributed by atoms with van der Waals surface area (Å²) in [6.45, 7) is 1.81. The summed E-state index contributed by atoms with van der Waals surface area (Å²) in [6.07, 6.45) is 8.40. The number of nitrogens with one attached hydrogen (secondary N) is 1. The van der Waals surface area contributed by atoms with Crippen LogP contribution in [-0.4, -0.2) is 29.1 Å². The predicted octanol–water partition coefficient (Wildman–Crippen LogP) is 3.16. The van der Waals surface area contributed by atoms with Gasteiger partial charge in [0.05, 0.1) is 6.10 Å². The Morgan fingerprint density at radius 1 is 1.39 bits per heavy atom. The molecule has 1 aromatic carbocycles. The van der Waals surface area contributed by atoms with Crippen LogP contribution in [0.5, 0.6) is 5.75 Å². The molecule has 2 N–H and O–H groups in total. The average Bonchev–Trinajstić information content (AvgIpc) is 3.04. The normalized spacial score (nSPS) is 16.4.